The molecule has 0 spiro atoms. The monoisotopic (exact) mass is 410 g/mol. The molecule has 2 aromatic carbocycles. The van der Waals surface area contributed by atoms with Crippen LogP contribution in [0.2, 0.25) is 10.0 Å². The van der Waals surface area contributed by atoms with Crippen molar-refractivity contribution >= 4 is 62.8 Å². The smallest absolute Gasteiger partial charge is 0.340 e. The van der Waals surface area contributed by atoms with Crippen molar-refractivity contribution in [2.45, 2.75) is 0 Å². The van der Waals surface area contributed by atoms with Gasteiger partial charge in [-0.1, -0.05) is 29.3 Å². The maximum absolute atomic E-state index is 12.1. The van der Waals surface area contributed by atoms with Crippen molar-refractivity contribution in [3.8, 4) is 0 Å². The van der Waals surface area contributed by atoms with E-state index in [0.717, 1.165) is 4.31 Å². The summed E-state index contributed by atoms with van der Waals surface area (Å²) in [6, 6.07) is 7.38. The molecule has 0 bridgehead atoms. The molecule has 3 rings (SSSR count). The zero-order chi connectivity index (χ0) is 18.8. The number of methoxy groups -OCH3 is 1. The molecular formula is C16H10Cl2N3O4S-. The highest BCUT2D eigenvalue weighted by Crippen LogP contribution is 2.38. The van der Waals surface area contributed by atoms with Crippen LogP contribution in [-0.4, -0.2) is 31.8 Å². The van der Waals surface area contributed by atoms with Gasteiger partial charge in [0, 0.05) is 12.4 Å². The van der Waals surface area contributed by atoms with Crippen LogP contribution >= 0.6 is 23.2 Å². The predicted octanol–water partition coefficient (Wildman–Crippen LogP) is 3.66. The molecule has 1 aromatic heterocycles. The van der Waals surface area contributed by atoms with Gasteiger partial charge in [-0.05, 0) is 24.3 Å². The van der Waals surface area contributed by atoms with Crippen LogP contribution in [0.15, 0.2) is 42.7 Å². The van der Waals surface area contributed by atoms with E-state index in [0.29, 0.717) is 11.0 Å². The van der Waals surface area contributed by atoms with E-state index in [1.807, 2.05) is 0 Å². The van der Waals surface area contributed by atoms with E-state index < -0.39 is 17.2 Å². The largest absolute Gasteiger partial charge is 0.755 e. The molecule has 3 aromatic rings. The lowest BCUT2D eigenvalue weighted by atomic mass is 10.1. The molecular weight excluding hydrogens is 401 g/mol. The lowest BCUT2D eigenvalue weighted by Gasteiger charge is -2.28. The molecule has 0 saturated carbocycles. The average molecular weight is 411 g/mol. The van der Waals surface area contributed by atoms with Crippen LogP contribution in [0.25, 0.3) is 11.0 Å². The van der Waals surface area contributed by atoms with Crippen LogP contribution in [0.1, 0.15) is 10.4 Å². The Morgan fingerprint density at radius 3 is 2.54 bits per heavy atom. The first-order valence-electron chi connectivity index (χ1n) is 7.10. The molecule has 0 aliphatic rings. The van der Waals surface area contributed by atoms with E-state index in [-0.39, 0.29) is 27.0 Å². The van der Waals surface area contributed by atoms with Gasteiger partial charge in [0.15, 0.2) is 0 Å². The fraction of sp³-hybridized carbons (Fsp3) is 0.0625. The summed E-state index contributed by atoms with van der Waals surface area (Å²) in [6.07, 6.45) is 2.93. The van der Waals surface area contributed by atoms with Crippen molar-refractivity contribution in [2.24, 2.45) is 0 Å². The number of fused-ring (bicyclic) bond motifs is 1. The molecule has 1 atom stereocenters. The van der Waals surface area contributed by atoms with Crippen molar-refractivity contribution < 1.29 is 18.3 Å². The molecule has 0 N–H and O–H groups in total. The minimum atomic E-state index is -2.80. The number of carbonyl (C=O) groups is 1. The zero-order valence-electron chi connectivity index (χ0n) is 13.2. The van der Waals surface area contributed by atoms with Gasteiger partial charge in [0.25, 0.3) is 0 Å². The summed E-state index contributed by atoms with van der Waals surface area (Å²) in [5.74, 6) is -0.764. The maximum Gasteiger partial charge on any atom is 0.340 e. The number of halogens is 2. The average Bonchev–Trinajstić information content (AvgIpc) is 2.64. The van der Waals surface area contributed by atoms with Crippen LogP contribution in [0.3, 0.4) is 0 Å². The van der Waals surface area contributed by atoms with E-state index in [4.69, 9.17) is 27.9 Å². The third kappa shape index (κ3) is 3.36. The molecule has 1 unspecified atom stereocenters. The molecule has 0 amide bonds. The van der Waals surface area contributed by atoms with Gasteiger partial charge in [-0.15, -0.1) is 0 Å². The Labute approximate surface area is 160 Å². The maximum atomic E-state index is 12.1. The summed E-state index contributed by atoms with van der Waals surface area (Å²) in [4.78, 5) is 20.5. The van der Waals surface area contributed by atoms with Crippen molar-refractivity contribution in [1.29, 1.82) is 0 Å². The van der Waals surface area contributed by atoms with Crippen LogP contribution in [0.4, 0.5) is 11.4 Å². The summed E-state index contributed by atoms with van der Waals surface area (Å²) in [7, 11) is 1.18. The number of nitrogens with zero attached hydrogens (tertiary/aromatic N) is 3. The van der Waals surface area contributed by atoms with Crippen molar-refractivity contribution in [2.75, 3.05) is 11.4 Å². The number of hydrogen-bond acceptors (Lipinski definition) is 6. The van der Waals surface area contributed by atoms with Crippen molar-refractivity contribution in [1.82, 2.24) is 9.97 Å². The summed E-state index contributed by atoms with van der Waals surface area (Å²) < 4.78 is 29.7. The molecule has 10 heteroatoms. The lowest BCUT2D eigenvalue weighted by molar-refractivity contribution is 0.0602. The number of anilines is 2. The normalized spacial score (nSPS) is 12.0. The van der Waals surface area contributed by atoms with Crippen molar-refractivity contribution in [3.63, 3.8) is 0 Å². The van der Waals surface area contributed by atoms with Gasteiger partial charge in [0.2, 0.25) is 0 Å². The van der Waals surface area contributed by atoms with Crippen LogP contribution in [0, 0.1) is 0 Å². The minimum absolute atomic E-state index is 0.0160. The van der Waals surface area contributed by atoms with E-state index in [1.165, 1.54) is 37.7 Å². The number of esters is 1. The quantitative estimate of drug-likeness (QED) is 0.480. The van der Waals surface area contributed by atoms with Gasteiger partial charge in [-0.25, -0.2) is 4.79 Å². The first kappa shape index (κ1) is 18.5. The number of hydrogen-bond donors (Lipinski definition) is 0. The van der Waals surface area contributed by atoms with Gasteiger partial charge in [0.1, 0.15) is 5.52 Å². The summed E-state index contributed by atoms with van der Waals surface area (Å²) in [5.41, 5.74) is 0.943. The highest BCUT2D eigenvalue weighted by Gasteiger charge is 2.23. The third-order valence-corrected chi connectivity index (χ3v) is 4.92. The number of rotatable bonds is 4. The first-order chi connectivity index (χ1) is 12.4. The van der Waals surface area contributed by atoms with Crippen LogP contribution in [-0.2, 0) is 16.0 Å². The van der Waals surface area contributed by atoms with E-state index >= 15 is 0 Å². The number of carbonyl (C=O) groups excluding carboxylic acids is 1. The molecule has 7 nitrogen and oxygen atoms in total. The minimum Gasteiger partial charge on any atom is -0.755 e. The second kappa shape index (κ2) is 7.55. The SMILES string of the molecule is COC(=O)c1cc(Cl)c(Cl)cc1N(c1cccc2nccnc12)S(=O)[O-]. The molecule has 0 saturated heterocycles. The van der Waals surface area contributed by atoms with Gasteiger partial charge in [-0.2, -0.15) is 0 Å². The number of ether oxygens (including phenoxy) is 1. The van der Waals surface area contributed by atoms with Gasteiger partial charge >= 0.3 is 5.97 Å². The van der Waals surface area contributed by atoms with Crippen molar-refractivity contribution in [3.05, 3.63) is 58.3 Å². The van der Waals surface area contributed by atoms with Crippen LogP contribution < -0.4 is 4.31 Å². The molecule has 1 heterocycles. The standard InChI is InChI=1S/C16H11Cl2N3O4S/c1-25-16(22)9-7-10(17)11(18)8-14(9)21(26(23)24)13-4-2-3-12-15(13)20-6-5-19-12/h2-8H,1H3,(H,23,24)/p-1. The Morgan fingerprint density at radius 2 is 1.85 bits per heavy atom. The van der Waals surface area contributed by atoms with E-state index in [1.54, 1.807) is 12.1 Å². The van der Waals surface area contributed by atoms with Crippen LogP contribution in [0.5, 0.6) is 0 Å². The van der Waals surface area contributed by atoms with Gasteiger partial charge in [-0.3, -0.25) is 18.5 Å². The second-order valence-electron chi connectivity index (χ2n) is 4.99. The Kier molecular flexibility index (Phi) is 5.38. The Hall–Kier alpha value is -2.26. The number of aromatic nitrogens is 2. The Morgan fingerprint density at radius 1 is 1.15 bits per heavy atom. The molecule has 26 heavy (non-hydrogen) atoms. The predicted molar refractivity (Wildman–Crippen MR) is 98.4 cm³/mol. The Balaban J connectivity index is 2.32. The fourth-order valence-electron chi connectivity index (χ4n) is 2.41. The number of para-hydroxylation sites is 1. The highest BCUT2D eigenvalue weighted by atomic mass is 35.5. The van der Waals surface area contributed by atoms with Gasteiger partial charge < -0.3 is 9.29 Å². The molecule has 0 aliphatic carbocycles. The first-order valence-corrected chi connectivity index (χ1v) is 8.89. The van der Waals surface area contributed by atoms with E-state index in [9.17, 15) is 13.6 Å². The van der Waals surface area contributed by atoms with E-state index in [2.05, 4.69) is 9.97 Å². The molecule has 0 fully saturated rings. The lowest BCUT2D eigenvalue weighted by Crippen LogP contribution is -2.23. The summed E-state index contributed by atoms with van der Waals surface area (Å²) in [5, 5.41) is 0.168. The highest BCUT2D eigenvalue weighted by molar-refractivity contribution is 7.81. The van der Waals surface area contributed by atoms with Gasteiger partial charge in [0.05, 0.1) is 50.9 Å². The summed E-state index contributed by atoms with van der Waals surface area (Å²) in [6.45, 7) is 0. The molecule has 134 valence electrons. The number of benzene rings is 2. The molecule has 0 aliphatic heterocycles. The third-order valence-electron chi connectivity index (χ3n) is 3.51. The zero-order valence-corrected chi connectivity index (χ0v) is 15.5. The second-order valence-corrected chi connectivity index (χ2v) is 6.60. The Bertz CT molecular complexity index is 1030. The summed E-state index contributed by atoms with van der Waals surface area (Å²) >= 11 is 9.23. The topological polar surface area (TPSA) is 95.5 Å². The molecule has 0 radical (unpaired) electrons. The fourth-order valence-corrected chi connectivity index (χ4v) is 3.35.